The Labute approximate surface area is 125 Å². The molecule has 0 unspecified atom stereocenters. The number of halogens is 1. The van der Waals surface area contributed by atoms with Gasteiger partial charge in [0, 0.05) is 24.5 Å². The molecule has 5 heteroatoms. The Morgan fingerprint density at radius 3 is 2.40 bits per heavy atom. The highest BCUT2D eigenvalue weighted by molar-refractivity contribution is 6.30. The summed E-state index contributed by atoms with van der Waals surface area (Å²) >= 11 is 5.81. The quantitative estimate of drug-likeness (QED) is 0.839. The summed E-state index contributed by atoms with van der Waals surface area (Å²) in [5.74, 6) is -0.122. The Morgan fingerprint density at radius 2 is 1.85 bits per heavy atom. The molecule has 110 valence electrons. The fourth-order valence-electron chi connectivity index (χ4n) is 1.86. The molecule has 1 rings (SSSR count). The van der Waals surface area contributed by atoms with E-state index in [-0.39, 0.29) is 18.4 Å². The summed E-state index contributed by atoms with van der Waals surface area (Å²) in [4.78, 5) is 25.2. The van der Waals surface area contributed by atoms with Gasteiger partial charge in [-0.05, 0) is 38.0 Å². The first kappa shape index (κ1) is 16.5. The van der Waals surface area contributed by atoms with Gasteiger partial charge in [-0.1, -0.05) is 23.7 Å². The molecule has 0 saturated heterocycles. The summed E-state index contributed by atoms with van der Waals surface area (Å²) in [6, 6.07) is 7.45. The fourth-order valence-corrected chi connectivity index (χ4v) is 1.99. The van der Waals surface area contributed by atoms with Crippen molar-refractivity contribution in [2.75, 3.05) is 19.6 Å². The van der Waals surface area contributed by atoms with Crippen LogP contribution < -0.4 is 5.32 Å². The Kier molecular flexibility index (Phi) is 7.09. The monoisotopic (exact) mass is 296 g/mol. The number of benzene rings is 1. The molecule has 0 atom stereocenters. The van der Waals surface area contributed by atoms with Gasteiger partial charge in [-0.2, -0.15) is 0 Å². The minimum atomic E-state index is -0.116. The van der Waals surface area contributed by atoms with Crippen LogP contribution in [-0.2, 0) is 16.0 Å². The summed E-state index contributed by atoms with van der Waals surface area (Å²) in [6.45, 7) is 4.98. The van der Waals surface area contributed by atoms with Gasteiger partial charge in [0.05, 0.1) is 6.54 Å². The number of nitrogens with one attached hydrogen (secondary N) is 1. The fraction of sp³-hybridized carbons (Fsp3) is 0.467. The highest BCUT2D eigenvalue weighted by Crippen LogP contribution is 2.11. The van der Waals surface area contributed by atoms with E-state index in [4.69, 9.17) is 11.6 Å². The van der Waals surface area contributed by atoms with Crippen molar-refractivity contribution in [2.45, 2.75) is 26.7 Å². The largest absolute Gasteiger partial charge is 0.355 e. The molecule has 1 aromatic rings. The Morgan fingerprint density at radius 1 is 1.20 bits per heavy atom. The molecule has 1 aromatic carbocycles. The molecule has 0 aliphatic rings. The number of aryl methyl sites for hydroxylation is 1. The van der Waals surface area contributed by atoms with Crippen LogP contribution in [0, 0.1) is 0 Å². The van der Waals surface area contributed by atoms with E-state index in [1.54, 1.807) is 4.90 Å². The number of amides is 2. The summed E-state index contributed by atoms with van der Waals surface area (Å²) in [5, 5.41) is 3.38. The van der Waals surface area contributed by atoms with Gasteiger partial charge in [0.15, 0.2) is 0 Å². The highest BCUT2D eigenvalue weighted by Gasteiger charge is 2.14. The molecule has 0 bridgehead atoms. The maximum absolute atomic E-state index is 12.1. The van der Waals surface area contributed by atoms with Crippen LogP contribution in [0.5, 0.6) is 0 Å². The average molecular weight is 297 g/mol. The van der Waals surface area contributed by atoms with E-state index in [1.165, 1.54) is 0 Å². The van der Waals surface area contributed by atoms with Crippen LogP contribution in [0.4, 0.5) is 0 Å². The first-order chi connectivity index (χ1) is 9.56. The summed E-state index contributed by atoms with van der Waals surface area (Å²) in [5.41, 5.74) is 1.07. The Bertz CT molecular complexity index is 446. The third-order valence-corrected chi connectivity index (χ3v) is 3.24. The molecule has 0 radical (unpaired) electrons. The summed E-state index contributed by atoms with van der Waals surface area (Å²) in [6.07, 6.45) is 1.05. The van der Waals surface area contributed by atoms with Crippen molar-refractivity contribution in [1.82, 2.24) is 10.2 Å². The average Bonchev–Trinajstić information content (AvgIpc) is 2.44. The first-order valence-electron chi connectivity index (χ1n) is 6.85. The van der Waals surface area contributed by atoms with E-state index in [9.17, 15) is 9.59 Å². The molecular formula is C15H21ClN2O2. The van der Waals surface area contributed by atoms with Crippen molar-refractivity contribution in [1.29, 1.82) is 0 Å². The second-order valence-corrected chi connectivity index (χ2v) is 4.92. The van der Waals surface area contributed by atoms with Crippen molar-refractivity contribution in [3.8, 4) is 0 Å². The van der Waals surface area contributed by atoms with Crippen molar-refractivity contribution >= 4 is 23.4 Å². The predicted octanol–water partition coefficient (Wildman–Crippen LogP) is 2.26. The zero-order valence-electron chi connectivity index (χ0n) is 12.0. The number of hydrogen-bond donors (Lipinski definition) is 1. The van der Waals surface area contributed by atoms with Crippen molar-refractivity contribution < 1.29 is 9.59 Å². The second-order valence-electron chi connectivity index (χ2n) is 4.49. The van der Waals surface area contributed by atoms with Crippen LogP contribution in [0.1, 0.15) is 25.8 Å². The lowest BCUT2D eigenvalue weighted by Crippen LogP contribution is -2.40. The molecule has 0 heterocycles. The van der Waals surface area contributed by atoms with Gasteiger partial charge < -0.3 is 10.2 Å². The van der Waals surface area contributed by atoms with Gasteiger partial charge in [-0.15, -0.1) is 0 Å². The van der Waals surface area contributed by atoms with Gasteiger partial charge in [-0.25, -0.2) is 0 Å². The number of rotatable bonds is 7. The zero-order valence-corrected chi connectivity index (χ0v) is 12.7. The van der Waals surface area contributed by atoms with Crippen molar-refractivity contribution in [3.63, 3.8) is 0 Å². The first-order valence-corrected chi connectivity index (χ1v) is 7.23. The minimum Gasteiger partial charge on any atom is -0.355 e. The maximum atomic E-state index is 12.1. The topological polar surface area (TPSA) is 49.4 Å². The van der Waals surface area contributed by atoms with Crippen molar-refractivity contribution in [3.05, 3.63) is 34.9 Å². The van der Waals surface area contributed by atoms with Gasteiger partial charge in [0.1, 0.15) is 0 Å². The summed E-state index contributed by atoms with van der Waals surface area (Å²) in [7, 11) is 0. The Balaban J connectivity index is 2.46. The third kappa shape index (κ3) is 5.61. The predicted molar refractivity (Wildman–Crippen MR) is 80.7 cm³/mol. The highest BCUT2D eigenvalue weighted by atomic mass is 35.5. The molecule has 2 amide bonds. The van der Waals surface area contributed by atoms with Crippen LogP contribution >= 0.6 is 11.6 Å². The number of nitrogens with zero attached hydrogens (tertiary/aromatic N) is 1. The van der Waals surface area contributed by atoms with Gasteiger partial charge in [0.2, 0.25) is 11.8 Å². The molecular weight excluding hydrogens is 276 g/mol. The minimum absolute atomic E-state index is 0.00583. The van der Waals surface area contributed by atoms with E-state index in [0.29, 0.717) is 31.0 Å². The zero-order chi connectivity index (χ0) is 15.0. The molecule has 0 saturated carbocycles. The number of carbonyl (C=O) groups excluding carboxylic acids is 2. The molecule has 0 fully saturated rings. The van der Waals surface area contributed by atoms with Gasteiger partial charge in [-0.3, -0.25) is 9.59 Å². The van der Waals surface area contributed by atoms with Crippen LogP contribution in [-0.4, -0.2) is 36.3 Å². The second kappa shape index (κ2) is 8.59. The van der Waals surface area contributed by atoms with Crippen molar-refractivity contribution in [2.24, 2.45) is 0 Å². The van der Waals surface area contributed by atoms with E-state index < -0.39 is 0 Å². The van der Waals surface area contributed by atoms with E-state index in [2.05, 4.69) is 5.32 Å². The molecule has 0 aliphatic heterocycles. The number of likely N-dealkylation sites (N-methyl/N-ethyl adjacent to an activating group) is 2. The third-order valence-electron chi connectivity index (χ3n) is 2.98. The molecule has 0 aromatic heterocycles. The molecule has 0 aliphatic carbocycles. The normalized spacial score (nSPS) is 10.2. The molecule has 20 heavy (non-hydrogen) atoms. The maximum Gasteiger partial charge on any atom is 0.239 e. The Hall–Kier alpha value is -1.55. The number of carbonyl (C=O) groups is 2. The van der Waals surface area contributed by atoms with Gasteiger partial charge in [0.25, 0.3) is 0 Å². The van der Waals surface area contributed by atoms with Gasteiger partial charge >= 0.3 is 0 Å². The molecule has 4 nitrogen and oxygen atoms in total. The lowest BCUT2D eigenvalue weighted by Gasteiger charge is -2.20. The lowest BCUT2D eigenvalue weighted by molar-refractivity contribution is -0.135. The van der Waals surface area contributed by atoms with E-state index in [1.807, 2.05) is 38.1 Å². The van der Waals surface area contributed by atoms with E-state index >= 15 is 0 Å². The molecule has 1 N–H and O–H groups in total. The number of hydrogen-bond acceptors (Lipinski definition) is 2. The van der Waals surface area contributed by atoms with Crippen LogP contribution in [0.15, 0.2) is 24.3 Å². The SMILES string of the molecule is CCNC(=O)CN(CC)C(=O)CCc1ccc(Cl)cc1. The summed E-state index contributed by atoms with van der Waals surface area (Å²) < 4.78 is 0. The smallest absolute Gasteiger partial charge is 0.239 e. The van der Waals surface area contributed by atoms with E-state index in [0.717, 1.165) is 5.56 Å². The van der Waals surface area contributed by atoms with Crippen LogP contribution in [0.2, 0.25) is 5.02 Å². The van der Waals surface area contributed by atoms with Crippen LogP contribution in [0.25, 0.3) is 0 Å². The van der Waals surface area contributed by atoms with Crippen LogP contribution in [0.3, 0.4) is 0 Å². The molecule has 0 spiro atoms. The standard InChI is InChI=1S/C15H21ClN2O2/c1-3-17-14(19)11-18(4-2)15(20)10-7-12-5-8-13(16)9-6-12/h5-6,8-9H,3-4,7,10-11H2,1-2H3,(H,17,19). The lowest BCUT2D eigenvalue weighted by atomic mass is 10.1.